The number of hydrogen-bond acceptors (Lipinski definition) is 4. The molecule has 0 fully saturated rings. The molecule has 0 aromatic heterocycles. The number of carbonyl (C=O) groups is 1. The molecule has 0 atom stereocenters. The third-order valence-corrected chi connectivity index (χ3v) is 0.0786. The minimum absolute atomic E-state index is 0. The van der Waals surface area contributed by atoms with Gasteiger partial charge in [0.25, 0.3) is 0 Å². The van der Waals surface area contributed by atoms with Gasteiger partial charge in [0.05, 0.1) is 0 Å². The molecule has 0 aromatic carbocycles. The van der Waals surface area contributed by atoms with Crippen molar-refractivity contribution in [1.82, 2.24) is 0 Å². The van der Waals surface area contributed by atoms with Crippen LogP contribution < -0.4 is 34.8 Å². The minimum Gasteiger partial charge on any atom is -0.681 e. The molecule has 0 aromatic rings. The average Bonchev–Trinajstić information content (AvgIpc) is 1.41. The van der Waals surface area contributed by atoms with Gasteiger partial charge in [0.1, 0.15) is 0 Å². The summed E-state index contributed by atoms with van der Waals surface area (Å²) in [6, 6.07) is 0. The quantitative estimate of drug-likeness (QED) is 0.151. The summed E-state index contributed by atoms with van der Waals surface area (Å²) in [5.41, 5.74) is 0. The Morgan fingerprint density at radius 3 is 2.17 bits per heavy atom. The minimum atomic E-state index is -0.104. The summed E-state index contributed by atoms with van der Waals surface area (Å²) in [6.07, 6.45) is 0. The molecular weight excluding hydrogens is 99.0 g/mol. The molecule has 4 nitrogen and oxygen atoms in total. The summed E-state index contributed by atoms with van der Waals surface area (Å²) < 4.78 is 0. The smallest absolute Gasteiger partial charge is 0.681 e. The van der Waals surface area contributed by atoms with E-state index in [-0.39, 0.29) is 36.0 Å². The molecule has 0 rings (SSSR count). The Hall–Kier alpha value is 0.390. The molecule has 0 amide bonds. The van der Waals surface area contributed by atoms with Gasteiger partial charge in [-0.25, -0.2) is 5.04 Å². The average molecular weight is 100 g/mol. The Morgan fingerprint density at radius 1 is 1.67 bits per heavy atom. The molecule has 0 spiro atoms. The van der Waals surface area contributed by atoms with Crippen LogP contribution in [0, 0.1) is 0 Å². The molecule has 0 aliphatic rings. The first kappa shape index (κ1) is 9.63. The van der Waals surface area contributed by atoms with Crippen molar-refractivity contribution in [2.24, 2.45) is 0 Å². The Bertz CT molecular complexity index is 28.7. The van der Waals surface area contributed by atoms with Crippen LogP contribution in [0.3, 0.4) is 0 Å². The molecule has 0 bridgehead atoms. The predicted molar refractivity (Wildman–Crippen MR) is 8.23 cm³/mol. The van der Waals surface area contributed by atoms with Gasteiger partial charge in [0.15, 0.2) is 0 Å². The Balaban J connectivity index is 0. The standard InChI is InChI=1S/CH2O4.Na/c2-1-4-5-3;/h1,3H;/q;+1/p-1. The Kier molecular flexibility index (Phi) is 14.5. The topological polar surface area (TPSA) is 58.6 Å². The van der Waals surface area contributed by atoms with Gasteiger partial charge in [-0.1, -0.05) is 0 Å². The van der Waals surface area contributed by atoms with E-state index >= 15 is 0 Å². The van der Waals surface area contributed by atoms with E-state index in [2.05, 4.69) is 9.93 Å². The second-order valence-electron chi connectivity index (χ2n) is 0.260. The first-order valence-electron chi connectivity index (χ1n) is 0.805. The Labute approximate surface area is 56.2 Å². The van der Waals surface area contributed by atoms with Crippen molar-refractivity contribution in [1.29, 1.82) is 0 Å². The van der Waals surface area contributed by atoms with Crippen molar-refractivity contribution in [3.05, 3.63) is 0 Å². The third-order valence-electron chi connectivity index (χ3n) is 0.0786. The van der Waals surface area contributed by atoms with E-state index in [1.165, 1.54) is 0 Å². The zero-order chi connectivity index (χ0) is 4.12. The zero-order valence-electron chi connectivity index (χ0n) is 3.21. The van der Waals surface area contributed by atoms with Crippen LogP contribution in [0.1, 0.15) is 0 Å². The van der Waals surface area contributed by atoms with Crippen molar-refractivity contribution in [3.8, 4) is 0 Å². The molecule has 0 unspecified atom stereocenters. The van der Waals surface area contributed by atoms with E-state index in [0.717, 1.165) is 0 Å². The predicted octanol–water partition coefficient (Wildman–Crippen LogP) is -4.63. The second-order valence-corrected chi connectivity index (χ2v) is 0.260. The van der Waals surface area contributed by atoms with Gasteiger partial charge in [-0.05, 0) is 0 Å². The molecule has 0 heterocycles. The summed E-state index contributed by atoms with van der Waals surface area (Å²) in [5.74, 6) is 0. The molecule has 0 aliphatic carbocycles. The monoisotopic (exact) mass is 100.0 g/mol. The van der Waals surface area contributed by atoms with Crippen LogP contribution in [0.4, 0.5) is 0 Å². The van der Waals surface area contributed by atoms with Crippen LogP contribution in [0.15, 0.2) is 0 Å². The maximum absolute atomic E-state index is 8.86. The van der Waals surface area contributed by atoms with E-state index in [9.17, 15) is 0 Å². The fourth-order valence-corrected chi connectivity index (χ4v) is 0.0160. The molecule has 30 valence electrons. The van der Waals surface area contributed by atoms with Gasteiger partial charge in [-0.3, -0.25) is 4.79 Å². The van der Waals surface area contributed by atoms with Crippen LogP contribution in [-0.4, -0.2) is 6.47 Å². The normalized spacial score (nSPS) is 5.50. The van der Waals surface area contributed by atoms with Crippen LogP contribution in [0.25, 0.3) is 0 Å². The van der Waals surface area contributed by atoms with Gasteiger partial charge in [0, 0.05) is 0 Å². The fraction of sp³-hybridized carbons (Fsp3) is 0. The number of rotatable bonds is 2. The first-order chi connectivity index (χ1) is 2.41. The van der Waals surface area contributed by atoms with Crippen molar-refractivity contribution >= 4 is 6.47 Å². The van der Waals surface area contributed by atoms with Crippen molar-refractivity contribution in [2.75, 3.05) is 0 Å². The summed E-state index contributed by atoms with van der Waals surface area (Å²) >= 11 is 0. The van der Waals surface area contributed by atoms with Gasteiger partial charge in [-0.15, -0.1) is 0 Å². The van der Waals surface area contributed by atoms with Crippen molar-refractivity contribution in [3.63, 3.8) is 0 Å². The Morgan fingerprint density at radius 2 is 2.17 bits per heavy atom. The van der Waals surface area contributed by atoms with Gasteiger partial charge in [-0.2, -0.15) is 0 Å². The zero-order valence-corrected chi connectivity index (χ0v) is 5.21. The van der Waals surface area contributed by atoms with E-state index in [0.29, 0.717) is 0 Å². The van der Waals surface area contributed by atoms with E-state index < -0.39 is 0 Å². The van der Waals surface area contributed by atoms with Gasteiger partial charge >= 0.3 is 36.0 Å². The number of hydrogen-bond donors (Lipinski definition) is 0. The molecule has 5 heteroatoms. The largest absolute Gasteiger partial charge is 1.00 e. The molecule has 0 N–H and O–H groups in total. The molecule has 0 saturated heterocycles. The SMILES string of the molecule is O=COO[O-].[Na+]. The molecule has 6 heavy (non-hydrogen) atoms. The van der Waals surface area contributed by atoms with E-state index in [4.69, 9.17) is 10.1 Å². The van der Waals surface area contributed by atoms with E-state index in [1.807, 2.05) is 0 Å². The maximum Gasteiger partial charge on any atom is 1.00 e. The van der Waals surface area contributed by atoms with Crippen LogP contribution >= 0.6 is 0 Å². The van der Waals surface area contributed by atoms with Gasteiger partial charge < -0.3 is 10.1 Å². The van der Waals surface area contributed by atoms with Crippen molar-refractivity contribution < 1.29 is 49.5 Å². The maximum atomic E-state index is 8.86. The summed E-state index contributed by atoms with van der Waals surface area (Å²) in [7, 11) is 0. The fourth-order valence-electron chi connectivity index (χ4n) is 0.0160. The van der Waals surface area contributed by atoms with E-state index in [1.54, 1.807) is 0 Å². The molecule has 0 aliphatic heterocycles. The van der Waals surface area contributed by atoms with Crippen LogP contribution in [0.5, 0.6) is 0 Å². The molecule has 0 radical (unpaired) electrons. The van der Waals surface area contributed by atoms with Crippen LogP contribution in [-0.2, 0) is 14.7 Å². The number of carbonyl (C=O) groups excluding carboxylic acids is 1. The summed E-state index contributed by atoms with van der Waals surface area (Å²) in [5, 5.41) is 11.1. The molecular formula is CHNaO4. The van der Waals surface area contributed by atoms with Crippen LogP contribution in [0.2, 0.25) is 0 Å². The first-order valence-corrected chi connectivity index (χ1v) is 0.805. The second kappa shape index (κ2) is 9.04. The van der Waals surface area contributed by atoms with Crippen molar-refractivity contribution in [2.45, 2.75) is 0 Å². The summed E-state index contributed by atoms with van der Waals surface area (Å²) in [4.78, 5) is 12.0. The third kappa shape index (κ3) is 8.83. The summed E-state index contributed by atoms with van der Waals surface area (Å²) in [6.45, 7) is -0.104. The molecule has 0 saturated carbocycles. The van der Waals surface area contributed by atoms with Gasteiger partial charge in [0.2, 0.25) is 0 Å².